The summed E-state index contributed by atoms with van der Waals surface area (Å²) in [5, 5.41) is 1.22. The van der Waals surface area contributed by atoms with Gasteiger partial charge in [-0.3, -0.25) is 19.2 Å². The molecule has 2 fully saturated rings. The summed E-state index contributed by atoms with van der Waals surface area (Å²) in [7, 11) is -2.47. The van der Waals surface area contributed by atoms with Crippen molar-refractivity contribution in [3.05, 3.63) is 54.1 Å². The van der Waals surface area contributed by atoms with Crippen molar-refractivity contribution in [1.29, 1.82) is 0 Å². The molecular weight excluding hydrogens is 588 g/mol. The number of nitrogens with zero attached hydrogens (tertiary/aromatic N) is 3. The second-order valence-corrected chi connectivity index (χ2v) is 13.4. The summed E-state index contributed by atoms with van der Waals surface area (Å²) >= 11 is 0. The summed E-state index contributed by atoms with van der Waals surface area (Å²) in [6, 6.07) is 12.7. The van der Waals surface area contributed by atoms with Gasteiger partial charge in [0.15, 0.2) is 5.75 Å². The average Bonchev–Trinajstić information content (AvgIpc) is 3.19. The van der Waals surface area contributed by atoms with Crippen molar-refractivity contribution in [3.8, 4) is 11.5 Å². The summed E-state index contributed by atoms with van der Waals surface area (Å²) in [5.74, 6) is -1.65. The van der Waals surface area contributed by atoms with Crippen molar-refractivity contribution in [2.45, 2.75) is 26.2 Å². The highest BCUT2D eigenvalue weighted by Gasteiger charge is 2.48. The highest BCUT2D eigenvalue weighted by Crippen LogP contribution is 2.44. The molecule has 0 spiro atoms. The molecule has 0 radical (unpaired) electrons. The molecule has 5 rings (SSSR count). The van der Waals surface area contributed by atoms with Crippen LogP contribution in [0.1, 0.15) is 26.3 Å². The Morgan fingerprint density at radius 1 is 0.909 bits per heavy atom. The van der Waals surface area contributed by atoms with Gasteiger partial charge in [-0.05, 0) is 35.2 Å². The molecule has 0 atom stereocenters. The van der Waals surface area contributed by atoms with Crippen molar-refractivity contribution in [3.63, 3.8) is 0 Å². The van der Waals surface area contributed by atoms with E-state index in [2.05, 4.69) is 9.62 Å². The van der Waals surface area contributed by atoms with Gasteiger partial charge >= 0.3 is 17.8 Å². The van der Waals surface area contributed by atoms with Crippen LogP contribution in [-0.4, -0.2) is 84.0 Å². The molecule has 3 aromatic rings. The van der Waals surface area contributed by atoms with E-state index < -0.39 is 33.3 Å². The van der Waals surface area contributed by atoms with Gasteiger partial charge in [-0.2, -0.15) is 0 Å². The first-order valence-corrected chi connectivity index (χ1v) is 16.1. The molecule has 2 aliphatic rings. The number of ether oxygens (including phenoxy) is 3. The first-order chi connectivity index (χ1) is 20.8. The lowest BCUT2D eigenvalue weighted by atomic mass is 9.86. The van der Waals surface area contributed by atoms with E-state index in [1.54, 1.807) is 36.4 Å². The zero-order chi connectivity index (χ0) is 31.8. The van der Waals surface area contributed by atoms with Gasteiger partial charge in [-0.25, -0.2) is 23.0 Å². The summed E-state index contributed by atoms with van der Waals surface area (Å²) in [6.07, 6.45) is 0.981. The summed E-state index contributed by atoms with van der Waals surface area (Å²) in [5.41, 5.74) is 0.290. The van der Waals surface area contributed by atoms with Gasteiger partial charge < -0.3 is 14.2 Å². The number of hydrogen-bond donors (Lipinski definition) is 1. The second kappa shape index (κ2) is 12.1. The third-order valence-corrected chi connectivity index (χ3v) is 8.11. The monoisotopic (exact) mass is 624 g/mol. The SMILES string of the molecule is COc1c(NS(C)(=O)=O)cc(C(C)(C)C)cc1N1C(=O)C(=O)N(c2ccc(OCCN3CCOCC3)c3ccccc23)C1=O. The van der Waals surface area contributed by atoms with Crippen LogP contribution in [-0.2, 0) is 29.8 Å². The molecule has 234 valence electrons. The zero-order valence-electron chi connectivity index (χ0n) is 25.4. The molecular formula is C31H36N4O8S. The van der Waals surface area contributed by atoms with E-state index >= 15 is 0 Å². The standard InChI is InChI=1S/C31H36N4O8S/c1-31(2,3)20-18-23(32-44(5,39)40)27(41-4)25(19-20)35-29(37)28(36)34(30(35)38)24-10-11-26(22-9-7-6-8-21(22)24)43-17-14-33-12-15-42-16-13-33/h6-11,18-19,32H,12-17H2,1-5H3. The van der Waals surface area contributed by atoms with Gasteiger partial charge in [0.05, 0.1) is 43.6 Å². The molecule has 0 aliphatic carbocycles. The number of benzene rings is 3. The molecule has 4 amide bonds. The Kier molecular flexibility index (Phi) is 8.56. The van der Waals surface area contributed by atoms with Crippen LogP contribution in [0.15, 0.2) is 48.5 Å². The Bertz CT molecular complexity index is 1730. The Labute approximate surface area is 256 Å². The fraction of sp³-hybridized carbons (Fsp3) is 0.387. The van der Waals surface area contributed by atoms with E-state index in [0.29, 0.717) is 41.9 Å². The fourth-order valence-electron chi connectivity index (χ4n) is 5.28. The Morgan fingerprint density at radius 3 is 2.16 bits per heavy atom. The minimum Gasteiger partial charge on any atom is -0.492 e. The number of methoxy groups -OCH3 is 1. The Balaban J connectivity index is 1.53. The molecule has 12 nitrogen and oxygen atoms in total. The highest BCUT2D eigenvalue weighted by atomic mass is 32.2. The summed E-state index contributed by atoms with van der Waals surface area (Å²) in [4.78, 5) is 44.8. The quantitative estimate of drug-likeness (QED) is 0.279. The third-order valence-electron chi connectivity index (χ3n) is 7.52. The van der Waals surface area contributed by atoms with Crippen molar-refractivity contribution in [2.75, 3.05) is 67.3 Å². The Hall–Kier alpha value is -4.20. The predicted molar refractivity (Wildman–Crippen MR) is 167 cm³/mol. The van der Waals surface area contributed by atoms with Crippen molar-refractivity contribution in [2.24, 2.45) is 0 Å². The molecule has 2 saturated heterocycles. The van der Waals surface area contributed by atoms with Crippen LogP contribution in [0.25, 0.3) is 10.8 Å². The molecule has 13 heteroatoms. The number of sulfonamides is 1. The molecule has 0 aromatic heterocycles. The highest BCUT2D eigenvalue weighted by molar-refractivity contribution is 7.92. The number of amides is 4. The number of nitrogens with one attached hydrogen (secondary N) is 1. The summed E-state index contributed by atoms with van der Waals surface area (Å²) < 4.78 is 43.8. The lowest BCUT2D eigenvalue weighted by molar-refractivity contribution is -0.133. The smallest absolute Gasteiger partial charge is 0.343 e. The number of morpholine rings is 1. The fourth-order valence-corrected chi connectivity index (χ4v) is 5.83. The molecule has 0 saturated carbocycles. The lowest BCUT2D eigenvalue weighted by Gasteiger charge is -2.26. The molecule has 2 heterocycles. The van der Waals surface area contributed by atoms with Crippen LogP contribution in [0.4, 0.5) is 21.9 Å². The molecule has 0 bridgehead atoms. The van der Waals surface area contributed by atoms with Crippen LogP contribution < -0.4 is 24.0 Å². The van der Waals surface area contributed by atoms with Crippen molar-refractivity contribution < 1.29 is 37.0 Å². The number of rotatable bonds is 9. The lowest BCUT2D eigenvalue weighted by Crippen LogP contribution is -2.38. The van der Waals surface area contributed by atoms with Crippen LogP contribution in [0.5, 0.6) is 11.5 Å². The molecule has 1 N–H and O–H groups in total. The minimum absolute atomic E-state index is 0.0351. The van der Waals surface area contributed by atoms with E-state index in [4.69, 9.17) is 14.2 Å². The third kappa shape index (κ3) is 6.21. The largest absolute Gasteiger partial charge is 0.492 e. The number of carbonyl (C=O) groups excluding carboxylic acids is 3. The minimum atomic E-state index is -3.76. The van der Waals surface area contributed by atoms with Crippen LogP contribution in [0.3, 0.4) is 0 Å². The number of hydrogen-bond acceptors (Lipinski definition) is 9. The predicted octanol–water partition coefficient (Wildman–Crippen LogP) is 3.73. The van der Waals surface area contributed by atoms with Crippen LogP contribution >= 0.6 is 0 Å². The topological polar surface area (TPSA) is 135 Å². The van der Waals surface area contributed by atoms with E-state index in [9.17, 15) is 22.8 Å². The van der Waals surface area contributed by atoms with E-state index in [-0.39, 0.29) is 22.8 Å². The molecule has 2 aliphatic heterocycles. The number of imide groups is 2. The van der Waals surface area contributed by atoms with Gasteiger partial charge in [-0.1, -0.05) is 45.0 Å². The molecule has 44 heavy (non-hydrogen) atoms. The van der Waals surface area contributed by atoms with Gasteiger partial charge in [0.1, 0.15) is 12.4 Å². The van der Waals surface area contributed by atoms with Gasteiger partial charge in [0.2, 0.25) is 10.0 Å². The van der Waals surface area contributed by atoms with Gasteiger partial charge in [0.25, 0.3) is 0 Å². The van der Waals surface area contributed by atoms with Crippen LogP contribution in [0.2, 0.25) is 0 Å². The second-order valence-electron chi connectivity index (χ2n) is 11.7. The molecule has 0 unspecified atom stereocenters. The maximum absolute atomic E-state index is 14.0. The van der Waals surface area contributed by atoms with E-state index in [1.165, 1.54) is 7.11 Å². The zero-order valence-corrected chi connectivity index (χ0v) is 26.2. The van der Waals surface area contributed by atoms with Crippen molar-refractivity contribution >= 4 is 55.7 Å². The van der Waals surface area contributed by atoms with Crippen LogP contribution in [0, 0.1) is 0 Å². The maximum Gasteiger partial charge on any atom is 0.343 e. The first kappa shape index (κ1) is 31.2. The number of anilines is 3. The summed E-state index contributed by atoms with van der Waals surface area (Å²) in [6.45, 7) is 9.88. The van der Waals surface area contributed by atoms with E-state index in [0.717, 1.165) is 35.7 Å². The van der Waals surface area contributed by atoms with Gasteiger partial charge in [-0.15, -0.1) is 0 Å². The normalized spacial score (nSPS) is 16.6. The van der Waals surface area contributed by atoms with E-state index in [1.807, 2.05) is 32.9 Å². The number of carbonyl (C=O) groups is 3. The first-order valence-electron chi connectivity index (χ1n) is 14.2. The van der Waals surface area contributed by atoms with Crippen molar-refractivity contribution in [1.82, 2.24) is 4.90 Å². The maximum atomic E-state index is 14.0. The number of fused-ring (bicyclic) bond motifs is 1. The Morgan fingerprint density at radius 2 is 1.55 bits per heavy atom. The van der Waals surface area contributed by atoms with Gasteiger partial charge in [0, 0.05) is 30.4 Å². The average molecular weight is 625 g/mol. The molecule has 3 aromatic carbocycles. The number of urea groups is 1.